The minimum Gasteiger partial charge on any atom is -0.369 e. The van der Waals surface area contributed by atoms with E-state index < -0.39 is 35.1 Å². The van der Waals surface area contributed by atoms with Gasteiger partial charge in [-0.1, -0.05) is 42.5 Å². The average molecular weight is 377 g/mol. The van der Waals surface area contributed by atoms with Crippen molar-refractivity contribution in [2.24, 2.45) is 0 Å². The molecule has 0 aliphatic heterocycles. The summed E-state index contributed by atoms with van der Waals surface area (Å²) in [6.07, 6.45) is -9.92. The van der Waals surface area contributed by atoms with E-state index in [0.717, 1.165) is 12.1 Å². The third-order valence-corrected chi connectivity index (χ3v) is 3.71. The predicted octanol–water partition coefficient (Wildman–Crippen LogP) is 4.67. The fourth-order valence-corrected chi connectivity index (χ4v) is 2.49. The molecule has 0 bridgehead atoms. The van der Waals surface area contributed by atoms with Gasteiger partial charge in [-0.15, -0.1) is 0 Å². The molecule has 0 spiro atoms. The molecular weight excluding hydrogens is 364 g/mol. The number of carbonyl (C=O) groups is 1. The summed E-state index contributed by atoms with van der Waals surface area (Å²) >= 11 is 0. The molecule has 0 aromatic heterocycles. The van der Waals surface area contributed by atoms with Crippen molar-refractivity contribution in [3.63, 3.8) is 0 Å². The minimum atomic E-state index is -6.06. The largest absolute Gasteiger partial charge is 0.430 e. The van der Waals surface area contributed by atoms with Gasteiger partial charge in [0.2, 0.25) is 5.91 Å². The molecule has 2 aromatic carbocycles. The molecule has 3 nitrogen and oxygen atoms in total. The first kappa shape index (κ1) is 19.8. The summed E-state index contributed by atoms with van der Waals surface area (Å²) in [7, 11) is 0. The summed E-state index contributed by atoms with van der Waals surface area (Å²) < 4.78 is 79.5. The van der Waals surface area contributed by atoms with Crippen LogP contribution in [0.3, 0.4) is 0 Å². The van der Waals surface area contributed by atoms with E-state index in [1.807, 2.05) is 5.32 Å². The van der Waals surface area contributed by atoms with Gasteiger partial charge in [-0.05, 0) is 18.4 Å². The number of benzene rings is 2. The molecule has 0 heterocycles. The summed E-state index contributed by atoms with van der Waals surface area (Å²) in [5, 5.41) is 12.0. The second-order valence-electron chi connectivity index (χ2n) is 5.40. The Bertz CT molecular complexity index is 840. The highest BCUT2D eigenvalue weighted by Gasteiger charge is 2.72. The molecule has 0 fully saturated rings. The third-order valence-electron chi connectivity index (χ3n) is 3.71. The number of nitrogens with one attached hydrogen (secondary N) is 1. The number of halogens is 6. The molecule has 0 aliphatic rings. The zero-order valence-electron chi connectivity index (χ0n) is 13.2. The number of fused-ring (bicyclic) bond motifs is 1. The summed E-state index contributed by atoms with van der Waals surface area (Å²) in [4.78, 5) is 11.8. The Morgan fingerprint density at radius 1 is 1.00 bits per heavy atom. The van der Waals surface area contributed by atoms with E-state index >= 15 is 0 Å². The number of hydrogen-bond acceptors (Lipinski definition) is 2. The van der Waals surface area contributed by atoms with Crippen LogP contribution >= 0.6 is 0 Å². The van der Waals surface area contributed by atoms with E-state index in [4.69, 9.17) is 0 Å². The standard InChI is InChI=1S/C17H13F6NO2/c1-2-5-13(25)24-14-11-7-4-3-6-10(11)8-9-12(14)15(26,16(18,19)20)17(21,22)23/h2-9,26H,1H3,(H,24,25)/b5-2+. The van der Waals surface area contributed by atoms with E-state index in [1.165, 1.54) is 37.3 Å². The summed E-state index contributed by atoms with van der Waals surface area (Å²) in [5.74, 6) is -0.934. The number of amides is 1. The van der Waals surface area contributed by atoms with Crippen LogP contribution in [-0.2, 0) is 10.4 Å². The van der Waals surface area contributed by atoms with Gasteiger partial charge in [-0.25, -0.2) is 0 Å². The van der Waals surface area contributed by atoms with Gasteiger partial charge >= 0.3 is 12.4 Å². The normalized spacial score (nSPS) is 13.4. The molecule has 140 valence electrons. The molecule has 26 heavy (non-hydrogen) atoms. The van der Waals surface area contributed by atoms with Crippen LogP contribution in [-0.4, -0.2) is 23.4 Å². The smallest absolute Gasteiger partial charge is 0.369 e. The molecule has 0 unspecified atom stereocenters. The molecule has 2 N–H and O–H groups in total. The van der Waals surface area contributed by atoms with E-state index in [-0.39, 0.29) is 5.39 Å². The van der Waals surface area contributed by atoms with Crippen molar-refractivity contribution in [1.29, 1.82) is 0 Å². The van der Waals surface area contributed by atoms with Crippen molar-refractivity contribution in [2.75, 3.05) is 5.32 Å². The van der Waals surface area contributed by atoms with Crippen LogP contribution in [0.1, 0.15) is 12.5 Å². The Hall–Kier alpha value is -2.55. The first-order valence-electron chi connectivity index (χ1n) is 7.25. The van der Waals surface area contributed by atoms with Crippen LogP contribution in [0.25, 0.3) is 10.8 Å². The molecule has 2 rings (SSSR count). The zero-order chi connectivity index (χ0) is 19.8. The summed E-state index contributed by atoms with van der Waals surface area (Å²) in [6, 6.07) is 7.13. The molecule has 9 heteroatoms. The lowest BCUT2D eigenvalue weighted by Crippen LogP contribution is -2.54. The number of carbonyl (C=O) groups excluding carboxylic acids is 1. The molecule has 0 saturated heterocycles. The maximum absolute atomic E-state index is 13.3. The maximum Gasteiger partial charge on any atom is 0.430 e. The van der Waals surface area contributed by atoms with Crippen molar-refractivity contribution in [3.8, 4) is 0 Å². The van der Waals surface area contributed by atoms with Gasteiger partial charge in [0.25, 0.3) is 5.60 Å². The number of alkyl halides is 6. The van der Waals surface area contributed by atoms with Crippen LogP contribution in [0.15, 0.2) is 48.6 Å². The Kier molecular flexibility index (Phi) is 5.05. The molecule has 0 saturated carbocycles. The average Bonchev–Trinajstić information content (AvgIpc) is 2.52. The van der Waals surface area contributed by atoms with Gasteiger partial charge in [-0.3, -0.25) is 4.79 Å². The topological polar surface area (TPSA) is 49.3 Å². The monoisotopic (exact) mass is 377 g/mol. The molecule has 0 radical (unpaired) electrons. The van der Waals surface area contributed by atoms with Crippen LogP contribution in [0.5, 0.6) is 0 Å². The van der Waals surface area contributed by atoms with E-state index in [1.54, 1.807) is 0 Å². The van der Waals surface area contributed by atoms with E-state index in [2.05, 4.69) is 0 Å². The number of hydrogen-bond donors (Lipinski definition) is 2. The Balaban J connectivity index is 2.86. The first-order chi connectivity index (χ1) is 11.9. The molecule has 1 amide bonds. The number of aliphatic hydroxyl groups is 1. The summed E-state index contributed by atoms with van der Waals surface area (Å²) in [5.41, 5.74) is -7.42. The highest BCUT2D eigenvalue weighted by molar-refractivity contribution is 6.07. The SMILES string of the molecule is C/C=C/C(=O)Nc1c(C(O)(C(F)(F)F)C(F)(F)F)ccc2ccccc12. The molecule has 0 atom stereocenters. The first-order valence-corrected chi connectivity index (χ1v) is 7.25. The fourth-order valence-electron chi connectivity index (χ4n) is 2.49. The lowest BCUT2D eigenvalue weighted by molar-refractivity contribution is -0.375. The van der Waals surface area contributed by atoms with Gasteiger partial charge in [0.05, 0.1) is 5.69 Å². The number of allylic oxidation sites excluding steroid dienone is 1. The Morgan fingerprint density at radius 2 is 1.58 bits per heavy atom. The van der Waals surface area contributed by atoms with Gasteiger partial charge in [0.15, 0.2) is 0 Å². The maximum atomic E-state index is 13.3. The van der Waals surface area contributed by atoms with E-state index in [9.17, 15) is 36.2 Å². The van der Waals surface area contributed by atoms with Crippen molar-refractivity contribution >= 4 is 22.4 Å². The number of rotatable bonds is 3. The second kappa shape index (κ2) is 6.64. The second-order valence-corrected chi connectivity index (χ2v) is 5.40. The third kappa shape index (κ3) is 3.26. The Morgan fingerprint density at radius 3 is 2.12 bits per heavy atom. The van der Waals surface area contributed by atoms with Gasteiger partial charge in [0.1, 0.15) is 0 Å². The zero-order valence-corrected chi connectivity index (χ0v) is 13.2. The lowest BCUT2D eigenvalue weighted by Gasteiger charge is -2.34. The van der Waals surface area contributed by atoms with Crippen molar-refractivity contribution < 1.29 is 36.2 Å². The van der Waals surface area contributed by atoms with Gasteiger partial charge in [0, 0.05) is 10.9 Å². The number of anilines is 1. The Labute approximate surface area is 143 Å². The van der Waals surface area contributed by atoms with Gasteiger partial charge < -0.3 is 10.4 Å². The van der Waals surface area contributed by atoms with Crippen molar-refractivity contribution in [1.82, 2.24) is 0 Å². The quantitative estimate of drug-likeness (QED) is 0.604. The van der Waals surface area contributed by atoms with Crippen LogP contribution in [0.4, 0.5) is 32.0 Å². The highest BCUT2D eigenvalue weighted by Crippen LogP contribution is 2.52. The summed E-state index contributed by atoms with van der Waals surface area (Å²) in [6.45, 7) is 1.45. The lowest BCUT2D eigenvalue weighted by atomic mass is 9.88. The van der Waals surface area contributed by atoms with Crippen LogP contribution in [0.2, 0.25) is 0 Å². The predicted molar refractivity (Wildman–Crippen MR) is 83.4 cm³/mol. The van der Waals surface area contributed by atoms with Crippen LogP contribution in [0, 0.1) is 0 Å². The fraction of sp³-hybridized carbons (Fsp3) is 0.235. The molecular formula is C17H13F6NO2. The van der Waals surface area contributed by atoms with Crippen molar-refractivity contribution in [3.05, 3.63) is 54.1 Å². The van der Waals surface area contributed by atoms with E-state index in [0.29, 0.717) is 11.5 Å². The minimum absolute atomic E-state index is 0.0743. The molecule has 2 aromatic rings. The molecule has 0 aliphatic carbocycles. The van der Waals surface area contributed by atoms with Crippen LogP contribution < -0.4 is 5.32 Å². The highest BCUT2D eigenvalue weighted by atomic mass is 19.4. The van der Waals surface area contributed by atoms with Gasteiger partial charge in [-0.2, -0.15) is 26.3 Å². The van der Waals surface area contributed by atoms with Crippen molar-refractivity contribution in [2.45, 2.75) is 24.9 Å².